The number of thiophene rings is 1. The molecule has 3 aromatic rings. The summed E-state index contributed by atoms with van der Waals surface area (Å²) in [6.45, 7) is 5.74. The van der Waals surface area contributed by atoms with Gasteiger partial charge in [-0.05, 0) is 54.4 Å². The predicted molar refractivity (Wildman–Crippen MR) is 134 cm³/mol. The van der Waals surface area contributed by atoms with Gasteiger partial charge in [-0.2, -0.15) is 0 Å². The summed E-state index contributed by atoms with van der Waals surface area (Å²) in [6, 6.07) is 16.1. The van der Waals surface area contributed by atoms with E-state index in [1.54, 1.807) is 17.0 Å². The molecule has 0 saturated carbocycles. The van der Waals surface area contributed by atoms with Gasteiger partial charge in [0.2, 0.25) is 0 Å². The number of benzene rings is 2. The number of carbonyl (C=O) groups is 1. The maximum atomic E-state index is 13.3. The number of amides is 1. The van der Waals surface area contributed by atoms with Crippen LogP contribution in [0.5, 0.6) is 5.75 Å². The van der Waals surface area contributed by atoms with Crippen molar-refractivity contribution in [2.45, 2.75) is 6.42 Å². The van der Waals surface area contributed by atoms with Crippen molar-refractivity contribution in [3.8, 4) is 16.2 Å². The van der Waals surface area contributed by atoms with E-state index >= 15 is 0 Å². The van der Waals surface area contributed by atoms with E-state index < -0.39 is 0 Å². The number of ether oxygens (including phenoxy) is 2. The average Bonchev–Trinajstić information content (AvgIpc) is 3.32. The molecule has 5 rings (SSSR count). The van der Waals surface area contributed by atoms with Crippen molar-refractivity contribution in [2.75, 3.05) is 63.0 Å². The first kappa shape index (κ1) is 22.8. The molecule has 0 radical (unpaired) electrons. The minimum absolute atomic E-state index is 0.0226. The summed E-state index contributed by atoms with van der Waals surface area (Å²) in [7, 11) is 1.98. The lowest BCUT2D eigenvalue weighted by molar-refractivity contribution is 0.0358. The van der Waals surface area contributed by atoms with Crippen molar-refractivity contribution >= 4 is 28.6 Å². The third-order valence-electron chi connectivity index (χ3n) is 6.18. The smallest absolute Gasteiger partial charge is 0.271 e. The average molecular weight is 482 g/mol. The molecule has 2 aliphatic heterocycles. The van der Waals surface area contributed by atoms with Gasteiger partial charge in [-0.15, -0.1) is 11.3 Å². The lowest BCUT2D eigenvalue weighted by Gasteiger charge is -2.34. The highest BCUT2D eigenvalue weighted by molar-refractivity contribution is 7.18. The van der Waals surface area contributed by atoms with E-state index in [4.69, 9.17) is 9.47 Å². The molecule has 6 nitrogen and oxygen atoms in total. The molecule has 2 aliphatic rings. The monoisotopic (exact) mass is 481 g/mol. The van der Waals surface area contributed by atoms with Crippen LogP contribution in [0.2, 0.25) is 0 Å². The number of halogens is 1. The van der Waals surface area contributed by atoms with Gasteiger partial charge in [-0.1, -0.05) is 12.1 Å². The van der Waals surface area contributed by atoms with E-state index in [2.05, 4.69) is 9.80 Å². The van der Waals surface area contributed by atoms with Crippen LogP contribution in [0.15, 0.2) is 54.6 Å². The van der Waals surface area contributed by atoms with Gasteiger partial charge in [0.1, 0.15) is 16.4 Å². The van der Waals surface area contributed by atoms with Crippen LogP contribution in [-0.4, -0.2) is 64.0 Å². The van der Waals surface area contributed by atoms with Crippen LogP contribution >= 0.6 is 11.3 Å². The van der Waals surface area contributed by atoms with Crippen molar-refractivity contribution in [3.63, 3.8) is 0 Å². The molecule has 0 N–H and O–H groups in total. The Kier molecular flexibility index (Phi) is 6.80. The first-order chi connectivity index (χ1) is 16.6. The molecule has 0 bridgehead atoms. The van der Waals surface area contributed by atoms with Crippen molar-refractivity contribution < 1.29 is 18.7 Å². The standard InChI is InChI=1S/C26H28FN3O3S/c1-28-18-30(26(31)25-23(28)17-24(34-25)19-3-5-20(27)6-4-19)21-7-9-22(10-8-21)33-14-2-11-29-12-15-32-16-13-29/h3-10,17H,2,11-16,18H2,1H3. The predicted octanol–water partition coefficient (Wildman–Crippen LogP) is 4.71. The molecule has 3 heterocycles. The third-order valence-corrected chi connectivity index (χ3v) is 7.35. The molecule has 8 heteroatoms. The molecule has 1 aromatic heterocycles. The summed E-state index contributed by atoms with van der Waals surface area (Å²) in [5.41, 5.74) is 2.65. The second-order valence-corrected chi connectivity index (χ2v) is 9.61. The van der Waals surface area contributed by atoms with Crippen LogP contribution in [0, 0.1) is 5.82 Å². The molecular weight excluding hydrogens is 453 g/mol. The number of hydrogen-bond acceptors (Lipinski definition) is 6. The van der Waals surface area contributed by atoms with Gasteiger partial charge in [-0.3, -0.25) is 14.6 Å². The largest absolute Gasteiger partial charge is 0.494 e. The second-order valence-electron chi connectivity index (χ2n) is 8.55. The van der Waals surface area contributed by atoms with Gasteiger partial charge in [-0.25, -0.2) is 4.39 Å². The van der Waals surface area contributed by atoms with Crippen LogP contribution < -0.4 is 14.5 Å². The van der Waals surface area contributed by atoms with Crippen LogP contribution in [-0.2, 0) is 4.74 Å². The fraction of sp³-hybridized carbons (Fsp3) is 0.346. The van der Waals surface area contributed by atoms with Gasteiger partial charge < -0.3 is 14.4 Å². The summed E-state index contributed by atoms with van der Waals surface area (Å²) in [5, 5.41) is 0. The second kappa shape index (κ2) is 10.1. The number of carbonyl (C=O) groups excluding carboxylic acids is 1. The molecule has 0 aliphatic carbocycles. The summed E-state index contributed by atoms with van der Waals surface area (Å²) >= 11 is 1.44. The van der Waals surface area contributed by atoms with E-state index in [1.165, 1.54) is 23.5 Å². The highest BCUT2D eigenvalue weighted by Crippen LogP contribution is 2.40. The zero-order chi connectivity index (χ0) is 23.5. The minimum Gasteiger partial charge on any atom is -0.494 e. The number of fused-ring (bicyclic) bond motifs is 1. The normalized spacial score (nSPS) is 16.6. The number of rotatable bonds is 7. The summed E-state index contributed by atoms with van der Waals surface area (Å²) < 4.78 is 24.6. The van der Waals surface area contributed by atoms with E-state index in [0.29, 0.717) is 18.2 Å². The SMILES string of the molecule is CN1CN(c2ccc(OCCCN3CCOCC3)cc2)C(=O)c2sc(-c3ccc(F)cc3)cc21. The number of hydrogen-bond donors (Lipinski definition) is 0. The maximum Gasteiger partial charge on any atom is 0.271 e. The zero-order valence-electron chi connectivity index (χ0n) is 19.2. The molecule has 0 atom stereocenters. The van der Waals surface area contributed by atoms with Crippen molar-refractivity contribution in [2.24, 2.45) is 0 Å². The van der Waals surface area contributed by atoms with Crippen LogP contribution in [0.1, 0.15) is 16.1 Å². The molecular formula is C26H28FN3O3S. The molecule has 2 aromatic carbocycles. The molecule has 1 amide bonds. The van der Waals surface area contributed by atoms with Gasteiger partial charge in [0.15, 0.2) is 0 Å². The van der Waals surface area contributed by atoms with Crippen LogP contribution in [0.3, 0.4) is 0 Å². The lowest BCUT2D eigenvalue weighted by atomic mass is 10.1. The van der Waals surface area contributed by atoms with Gasteiger partial charge in [0, 0.05) is 37.2 Å². The Balaban J connectivity index is 1.22. The highest BCUT2D eigenvalue weighted by atomic mass is 32.1. The Hall–Kier alpha value is -2.94. The summed E-state index contributed by atoms with van der Waals surface area (Å²) in [4.78, 5) is 21.2. The number of nitrogens with zero attached hydrogens (tertiary/aromatic N) is 3. The van der Waals surface area contributed by atoms with Crippen LogP contribution in [0.4, 0.5) is 15.8 Å². The van der Waals surface area contributed by atoms with Crippen molar-refractivity contribution in [1.29, 1.82) is 0 Å². The Morgan fingerprint density at radius 1 is 1.06 bits per heavy atom. The van der Waals surface area contributed by atoms with E-state index in [9.17, 15) is 9.18 Å². The summed E-state index contributed by atoms with van der Waals surface area (Å²) in [6.07, 6.45) is 0.967. The summed E-state index contributed by atoms with van der Waals surface area (Å²) in [5.74, 6) is 0.513. The fourth-order valence-electron chi connectivity index (χ4n) is 4.27. The van der Waals surface area contributed by atoms with E-state index in [1.807, 2.05) is 37.4 Å². The van der Waals surface area contributed by atoms with E-state index in [0.717, 1.165) is 66.8 Å². The van der Waals surface area contributed by atoms with Gasteiger partial charge in [0.25, 0.3) is 5.91 Å². The molecule has 178 valence electrons. The van der Waals surface area contributed by atoms with Gasteiger partial charge >= 0.3 is 0 Å². The zero-order valence-corrected chi connectivity index (χ0v) is 20.0. The fourth-order valence-corrected chi connectivity index (χ4v) is 5.44. The Morgan fingerprint density at radius 3 is 2.53 bits per heavy atom. The Morgan fingerprint density at radius 2 is 1.79 bits per heavy atom. The molecule has 0 unspecified atom stereocenters. The quantitative estimate of drug-likeness (QED) is 0.458. The molecule has 0 spiro atoms. The molecule has 1 fully saturated rings. The first-order valence-electron chi connectivity index (χ1n) is 11.5. The van der Waals surface area contributed by atoms with Gasteiger partial charge in [0.05, 0.1) is 32.2 Å². The van der Waals surface area contributed by atoms with Crippen molar-refractivity contribution in [1.82, 2.24) is 4.90 Å². The number of anilines is 2. The first-order valence-corrected chi connectivity index (χ1v) is 12.4. The lowest BCUT2D eigenvalue weighted by Crippen LogP contribution is -2.44. The maximum absolute atomic E-state index is 13.3. The van der Waals surface area contributed by atoms with E-state index in [-0.39, 0.29) is 11.7 Å². The highest BCUT2D eigenvalue weighted by Gasteiger charge is 2.31. The molecule has 34 heavy (non-hydrogen) atoms. The Labute approximate surface area is 203 Å². The van der Waals surface area contributed by atoms with Crippen LogP contribution in [0.25, 0.3) is 10.4 Å². The topological polar surface area (TPSA) is 45.2 Å². The number of morpholine rings is 1. The third kappa shape index (κ3) is 4.94. The Bertz CT molecular complexity index is 1130. The molecule has 1 saturated heterocycles. The van der Waals surface area contributed by atoms with Crippen molar-refractivity contribution in [3.05, 3.63) is 65.3 Å². The minimum atomic E-state index is -0.269.